The van der Waals surface area contributed by atoms with E-state index < -0.39 is 0 Å². The minimum absolute atomic E-state index is 0.0512. The maximum absolute atomic E-state index is 12.2. The molecule has 0 saturated carbocycles. The van der Waals surface area contributed by atoms with Crippen LogP contribution in [0.25, 0.3) is 10.8 Å². The lowest BCUT2D eigenvalue weighted by molar-refractivity contribution is -0.116. The second kappa shape index (κ2) is 7.30. The first-order chi connectivity index (χ1) is 11.2. The first-order valence-electron chi connectivity index (χ1n) is 7.74. The van der Waals surface area contributed by atoms with Gasteiger partial charge in [-0.15, -0.1) is 0 Å². The van der Waals surface area contributed by atoms with Gasteiger partial charge in [-0.1, -0.05) is 60.1 Å². The van der Waals surface area contributed by atoms with Crippen LogP contribution in [0.15, 0.2) is 66.7 Å². The van der Waals surface area contributed by atoms with Crippen LogP contribution in [0.2, 0.25) is 5.02 Å². The van der Waals surface area contributed by atoms with Gasteiger partial charge >= 0.3 is 0 Å². The van der Waals surface area contributed by atoms with E-state index in [9.17, 15) is 4.79 Å². The Morgan fingerprint density at radius 2 is 1.65 bits per heavy atom. The lowest BCUT2D eigenvalue weighted by Gasteiger charge is -2.09. The Labute approximate surface area is 141 Å². The number of hydrogen-bond donors (Lipinski definition) is 1. The number of halogens is 1. The molecule has 0 radical (unpaired) electrons. The van der Waals surface area contributed by atoms with Crippen molar-refractivity contribution in [2.24, 2.45) is 0 Å². The van der Waals surface area contributed by atoms with E-state index in [-0.39, 0.29) is 5.91 Å². The molecule has 0 aliphatic rings. The highest BCUT2D eigenvalue weighted by Gasteiger charge is 2.05. The first-order valence-corrected chi connectivity index (χ1v) is 8.12. The minimum Gasteiger partial charge on any atom is -0.326 e. The molecule has 0 saturated heterocycles. The number of aryl methyl sites for hydroxylation is 1. The lowest BCUT2D eigenvalue weighted by Crippen LogP contribution is -2.11. The Kier molecular flexibility index (Phi) is 4.94. The van der Waals surface area contributed by atoms with Gasteiger partial charge in [-0.25, -0.2) is 0 Å². The van der Waals surface area contributed by atoms with E-state index in [1.54, 1.807) is 0 Å². The van der Waals surface area contributed by atoms with E-state index in [2.05, 4.69) is 5.32 Å². The van der Waals surface area contributed by atoms with E-state index >= 15 is 0 Å². The molecule has 3 aromatic rings. The fourth-order valence-electron chi connectivity index (χ4n) is 2.65. The summed E-state index contributed by atoms with van der Waals surface area (Å²) in [5.74, 6) is 0.0512. The largest absolute Gasteiger partial charge is 0.326 e. The topological polar surface area (TPSA) is 29.1 Å². The molecule has 0 atom stereocenters. The molecule has 0 fully saturated rings. The molecule has 0 bridgehead atoms. The van der Waals surface area contributed by atoms with Crippen molar-refractivity contribution in [3.8, 4) is 0 Å². The van der Waals surface area contributed by atoms with Gasteiger partial charge in [-0.05, 0) is 42.0 Å². The maximum atomic E-state index is 12.2. The summed E-state index contributed by atoms with van der Waals surface area (Å²) in [5.41, 5.74) is 2.08. The van der Waals surface area contributed by atoms with Crippen LogP contribution in [-0.2, 0) is 11.2 Å². The van der Waals surface area contributed by atoms with Gasteiger partial charge < -0.3 is 5.32 Å². The molecular weight excluding hydrogens is 306 g/mol. The van der Waals surface area contributed by atoms with Gasteiger partial charge in [-0.3, -0.25) is 4.79 Å². The molecule has 116 valence electrons. The molecule has 23 heavy (non-hydrogen) atoms. The predicted molar refractivity (Wildman–Crippen MR) is 97.0 cm³/mol. The number of amides is 1. The van der Waals surface area contributed by atoms with Crippen LogP contribution >= 0.6 is 11.6 Å². The third kappa shape index (κ3) is 4.11. The molecule has 1 amide bonds. The molecule has 3 aromatic carbocycles. The van der Waals surface area contributed by atoms with Gasteiger partial charge in [0.2, 0.25) is 5.91 Å². The fourth-order valence-corrected chi connectivity index (χ4v) is 2.78. The van der Waals surface area contributed by atoms with Gasteiger partial charge in [0.1, 0.15) is 0 Å². The van der Waals surface area contributed by atoms with E-state index in [0.29, 0.717) is 6.42 Å². The number of carbonyl (C=O) groups excluding carboxylic acids is 1. The van der Waals surface area contributed by atoms with E-state index in [0.717, 1.165) is 34.3 Å². The van der Waals surface area contributed by atoms with Crippen molar-refractivity contribution < 1.29 is 4.79 Å². The lowest BCUT2D eigenvalue weighted by atomic mass is 10.1. The number of benzene rings is 3. The fraction of sp³-hybridized carbons (Fsp3) is 0.150. The summed E-state index contributed by atoms with van der Waals surface area (Å²) in [7, 11) is 0. The van der Waals surface area contributed by atoms with Crippen LogP contribution < -0.4 is 5.32 Å². The number of anilines is 1. The zero-order valence-corrected chi connectivity index (χ0v) is 13.5. The van der Waals surface area contributed by atoms with E-state index in [4.69, 9.17) is 11.6 Å². The highest BCUT2D eigenvalue weighted by Crippen LogP contribution is 2.23. The van der Waals surface area contributed by atoms with Crippen LogP contribution in [0.4, 0.5) is 5.69 Å². The SMILES string of the molecule is O=C(CCCc1ccc(Cl)cc1)Nc1cccc2ccccc12. The first kappa shape index (κ1) is 15.6. The van der Waals surface area contributed by atoms with Crippen LogP contribution in [0, 0.1) is 0 Å². The molecule has 2 nitrogen and oxygen atoms in total. The van der Waals surface area contributed by atoms with E-state index in [1.807, 2.05) is 66.7 Å². The van der Waals surface area contributed by atoms with Crippen molar-refractivity contribution in [2.75, 3.05) is 5.32 Å². The second-order valence-electron chi connectivity index (χ2n) is 5.55. The highest BCUT2D eigenvalue weighted by molar-refractivity contribution is 6.30. The van der Waals surface area contributed by atoms with Crippen molar-refractivity contribution in [3.05, 3.63) is 77.3 Å². The molecule has 0 unspecified atom stereocenters. The van der Waals surface area contributed by atoms with Crippen LogP contribution in [0.3, 0.4) is 0 Å². The van der Waals surface area contributed by atoms with Gasteiger partial charge in [0.05, 0.1) is 0 Å². The van der Waals surface area contributed by atoms with Crippen LogP contribution in [-0.4, -0.2) is 5.91 Å². The summed E-state index contributed by atoms with van der Waals surface area (Å²) in [6.07, 6.45) is 2.20. The molecule has 0 heterocycles. The van der Waals surface area contributed by atoms with Crippen molar-refractivity contribution in [3.63, 3.8) is 0 Å². The Morgan fingerprint density at radius 3 is 2.48 bits per heavy atom. The standard InChI is InChI=1S/C20H18ClNO/c21-17-13-11-15(12-14-17)5-3-10-20(23)22-19-9-4-7-16-6-1-2-8-18(16)19/h1-2,4,6-9,11-14H,3,5,10H2,(H,22,23). The Morgan fingerprint density at radius 1 is 0.913 bits per heavy atom. The van der Waals surface area contributed by atoms with Crippen LogP contribution in [0.5, 0.6) is 0 Å². The highest BCUT2D eigenvalue weighted by atomic mass is 35.5. The number of fused-ring (bicyclic) bond motifs is 1. The summed E-state index contributed by atoms with van der Waals surface area (Å²) in [6, 6.07) is 21.8. The zero-order chi connectivity index (χ0) is 16.1. The van der Waals surface area contributed by atoms with Crippen molar-refractivity contribution in [1.29, 1.82) is 0 Å². The van der Waals surface area contributed by atoms with Gasteiger partial charge in [-0.2, -0.15) is 0 Å². The molecule has 0 spiro atoms. The molecule has 3 heteroatoms. The minimum atomic E-state index is 0.0512. The Bertz CT molecular complexity index is 806. The smallest absolute Gasteiger partial charge is 0.224 e. The molecule has 0 aliphatic heterocycles. The third-order valence-electron chi connectivity index (χ3n) is 3.85. The summed E-state index contributed by atoms with van der Waals surface area (Å²) >= 11 is 5.87. The quantitative estimate of drug-likeness (QED) is 0.664. The maximum Gasteiger partial charge on any atom is 0.224 e. The van der Waals surface area contributed by atoms with Crippen LogP contribution in [0.1, 0.15) is 18.4 Å². The summed E-state index contributed by atoms with van der Waals surface area (Å²) in [5, 5.41) is 5.96. The summed E-state index contributed by atoms with van der Waals surface area (Å²) < 4.78 is 0. The number of rotatable bonds is 5. The molecule has 3 rings (SSSR count). The second-order valence-corrected chi connectivity index (χ2v) is 5.99. The number of carbonyl (C=O) groups is 1. The average molecular weight is 324 g/mol. The average Bonchev–Trinajstić information content (AvgIpc) is 2.57. The normalized spacial score (nSPS) is 10.7. The van der Waals surface area contributed by atoms with Crippen molar-refractivity contribution >= 4 is 34.0 Å². The molecular formula is C20H18ClNO. The summed E-state index contributed by atoms with van der Waals surface area (Å²) in [4.78, 5) is 12.2. The number of hydrogen-bond acceptors (Lipinski definition) is 1. The predicted octanol–water partition coefficient (Wildman–Crippen LogP) is 5.45. The summed E-state index contributed by atoms with van der Waals surface area (Å²) in [6.45, 7) is 0. The zero-order valence-electron chi connectivity index (χ0n) is 12.8. The van der Waals surface area contributed by atoms with Gasteiger partial charge in [0.15, 0.2) is 0 Å². The number of nitrogens with one attached hydrogen (secondary N) is 1. The van der Waals surface area contributed by atoms with Crippen molar-refractivity contribution in [1.82, 2.24) is 0 Å². The van der Waals surface area contributed by atoms with Gasteiger partial charge in [0.25, 0.3) is 0 Å². The van der Waals surface area contributed by atoms with Gasteiger partial charge in [0, 0.05) is 22.5 Å². The Balaban J connectivity index is 1.57. The molecule has 1 N–H and O–H groups in total. The molecule has 0 aliphatic carbocycles. The monoisotopic (exact) mass is 323 g/mol. The Hall–Kier alpha value is -2.32. The van der Waals surface area contributed by atoms with E-state index in [1.165, 1.54) is 5.56 Å². The van der Waals surface area contributed by atoms with Crippen molar-refractivity contribution in [2.45, 2.75) is 19.3 Å². The molecule has 0 aromatic heterocycles. The third-order valence-corrected chi connectivity index (χ3v) is 4.10.